The van der Waals surface area contributed by atoms with E-state index < -0.39 is 9.05 Å². The van der Waals surface area contributed by atoms with Gasteiger partial charge in [-0.25, -0.2) is 0 Å². The van der Waals surface area contributed by atoms with Crippen LogP contribution < -0.4 is 5.73 Å². The first-order valence-electron chi connectivity index (χ1n) is 3.34. The summed E-state index contributed by atoms with van der Waals surface area (Å²) in [6.07, 6.45) is 1.50. The summed E-state index contributed by atoms with van der Waals surface area (Å²) in [5, 5.41) is 0. The highest BCUT2D eigenvalue weighted by atomic mass is 32.9. The molecule has 0 aliphatic rings. The van der Waals surface area contributed by atoms with Crippen molar-refractivity contribution in [2.24, 2.45) is 5.73 Å². The molecule has 0 bridgehead atoms. The Balaban J connectivity index is 3.66. The van der Waals surface area contributed by atoms with E-state index in [4.69, 9.17) is 14.8 Å². The van der Waals surface area contributed by atoms with Crippen LogP contribution in [0.1, 0.15) is 19.8 Å². The third-order valence-electron chi connectivity index (χ3n) is 1.25. The summed E-state index contributed by atoms with van der Waals surface area (Å²) in [5.41, 5.74) is 5.53. The predicted molar refractivity (Wildman–Crippen MR) is 48.5 cm³/mol. The summed E-state index contributed by atoms with van der Waals surface area (Å²) in [6, 6.07) is 0.0595. The lowest BCUT2D eigenvalue weighted by Crippen LogP contribution is -2.20. The molecule has 11 heavy (non-hydrogen) atoms. The lowest BCUT2D eigenvalue weighted by Gasteiger charge is -2.00. The van der Waals surface area contributed by atoms with Gasteiger partial charge in [-0.15, -0.1) is 0 Å². The molecule has 68 valence electrons. The van der Waals surface area contributed by atoms with Crippen LogP contribution in [0.2, 0.25) is 0 Å². The number of hydrogen-bond donors (Lipinski definition) is 3. The minimum atomic E-state index is -3.62. The molecule has 0 aromatic rings. The summed E-state index contributed by atoms with van der Waals surface area (Å²) < 4.78 is 27.1. The summed E-state index contributed by atoms with van der Waals surface area (Å²) in [7, 11) is -2.98. The molecule has 1 atom stereocenters. The Labute approximate surface area is 70.5 Å². The third-order valence-corrected chi connectivity index (χ3v) is 3.38. The van der Waals surface area contributed by atoms with E-state index in [0.29, 0.717) is 22.5 Å². The molecule has 4 nitrogen and oxygen atoms in total. The monoisotopic (exact) mass is 200 g/mol. The van der Waals surface area contributed by atoms with Crippen molar-refractivity contribution in [3.05, 3.63) is 0 Å². The lowest BCUT2D eigenvalue weighted by atomic mass is 10.2. The number of nitrogens with two attached hydrogens (primary N) is 1. The molecule has 0 aliphatic carbocycles. The Morgan fingerprint density at radius 2 is 2.18 bits per heavy atom. The van der Waals surface area contributed by atoms with E-state index in [9.17, 15) is 4.21 Å². The smallest absolute Gasteiger partial charge is 0.328 e. The van der Waals surface area contributed by atoms with Crippen LogP contribution in [-0.2, 0) is 19.4 Å². The predicted octanol–water partition coefficient (Wildman–Crippen LogP) is 0.342. The first kappa shape index (κ1) is 11.2. The molecular weight excluding hydrogens is 186 g/mol. The Hall–Kier alpha value is 0.250. The molecule has 1 unspecified atom stereocenters. The van der Waals surface area contributed by atoms with Gasteiger partial charge in [0, 0.05) is 12.5 Å². The maximum absolute atomic E-state index is 10.3. The second-order valence-corrected chi connectivity index (χ2v) is 5.78. The van der Waals surface area contributed by atoms with Crippen molar-refractivity contribution in [3.63, 3.8) is 0 Å². The van der Waals surface area contributed by atoms with E-state index in [-0.39, 0.29) is 6.04 Å². The van der Waals surface area contributed by atoms with E-state index in [1.165, 1.54) is 0 Å². The van der Waals surface area contributed by atoms with Crippen LogP contribution in [0.3, 0.4) is 0 Å². The molecular formula is C5H14NO3S2+. The molecule has 0 saturated carbocycles. The quantitative estimate of drug-likeness (QED) is 0.571. The fourth-order valence-electron chi connectivity index (χ4n) is 0.512. The van der Waals surface area contributed by atoms with Gasteiger partial charge in [-0.1, -0.05) is 6.92 Å². The van der Waals surface area contributed by atoms with Crippen molar-refractivity contribution in [1.29, 1.82) is 0 Å². The van der Waals surface area contributed by atoms with Crippen LogP contribution in [0.15, 0.2) is 0 Å². The van der Waals surface area contributed by atoms with E-state index in [0.717, 1.165) is 6.42 Å². The van der Waals surface area contributed by atoms with Gasteiger partial charge in [0.05, 0.1) is 0 Å². The highest BCUT2D eigenvalue weighted by molar-refractivity contribution is 8.34. The molecule has 0 radical (unpaired) electrons. The second-order valence-electron chi connectivity index (χ2n) is 2.23. The summed E-state index contributed by atoms with van der Waals surface area (Å²) in [6.45, 7) is 1.95. The van der Waals surface area contributed by atoms with Crippen LogP contribution in [0.25, 0.3) is 0 Å². The number of rotatable bonds is 4. The van der Waals surface area contributed by atoms with E-state index in [1.54, 1.807) is 0 Å². The molecule has 4 N–H and O–H groups in total. The molecule has 0 amide bonds. The van der Waals surface area contributed by atoms with Crippen molar-refractivity contribution in [2.75, 3.05) is 5.75 Å². The zero-order chi connectivity index (χ0) is 8.91. The second kappa shape index (κ2) is 5.00. The van der Waals surface area contributed by atoms with Crippen LogP contribution in [-0.4, -0.2) is 25.1 Å². The first-order chi connectivity index (χ1) is 4.95. The fourth-order valence-corrected chi connectivity index (χ4v) is 2.07. The topological polar surface area (TPSA) is 83.6 Å². The number of hydrogen-bond acceptors (Lipinski definition) is 2. The SMILES string of the molecule is CCC(N)CC[S+]=S(=O)(O)O. The van der Waals surface area contributed by atoms with Crippen molar-refractivity contribution in [1.82, 2.24) is 0 Å². The fraction of sp³-hybridized carbons (Fsp3) is 1.00. The summed E-state index contributed by atoms with van der Waals surface area (Å²) in [5.74, 6) is 0.418. The highest BCUT2D eigenvalue weighted by Crippen LogP contribution is 1.93. The zero-order valence-corrected chi connectivity index (χ0v) is 8.03. The summed E-state index contributed by atoms with van der Waals surface area (Å²) >= 11 is 0. The standard InChI is InChI=1S/C5H13NO3S2/c1-2-5(6)3-4-10-11(7,8)9/h5H,2-4,6H2,1H3,(H-,7,8,9)/p+1. The maximum atomic E-state index is 10.3. The Bertz CT molecular complexity index is 202. The van der Waals surface area contributed by atoms with Gasteiger partial charge in [-0.3, -0.25) is 9.11 Å². The van der Waals surface area contributed by atoms with Crippen molar-refractivity contribution in [2.45, 2.75) is 25.8 Å². The average molecular weight is 200 g/mol. The van der Waals surface area contributed by atoms with Gasteiger partial charge < -0.3 is 5.73 Å². The first-order valence-corrected chi connectivity index (χ1v) is 6.32. The molecule has 0 rings (SSSR count). The van der Waals surface area contributed by atoms with Gasteiger partial charge in [-0.2, -0.15) is 4.21 Å². The molecule has 0 spiro atoms. The molecule has 0 heterocycles. The Kier molecular flexibility index (Phi) is 5.11. The molecule has 0 saturated heterocycles. The average Bonchev–Trinajstić information content (AvgIpc) is 1.85. The van der Waals surface area contributed by atoms with Crippen molar-refractivity contribution < 1.29 is 13.3 Å². The van der Waals surface area contributed by atoms with Crippen LogP contribution in [0.5, 0.6) is 0 Å². The molecule has 0 aromatic heterocycles. The van der Waals surface area contributed by atoms with Crippen LogP contribution in [0.4, 0.5) is 0 Å². The zero-order valence-electron chi connectivity index (χ0n) is 6.40. The van der Waals surface area contributed by atoms with Crippen molar-refractivity contribution >= 4 is 19.4 Å². The largest absolute Gasteiger partial charge is 0.430 e. The van der Waals surface area contributed by atoms with Gasteiger partial charge in [0.1, 0.15) is 0 Å². The van der Waals surface area contributed by atoms with Crippen LogP contribution >= 0.6 is 0 Å². The molecule has 0 aliphatic heterocycles. The summed E-state index contributed by atoms with van der Waals surface area (Å²) in [4.78, 5) is 0. The minimum absolute atomic E-state index is 0.0595. The van der Waals surface area contributed by atoms with E-state index in [2.05, 4.69) is 0 Å². The van der Waals surface area contributed by atoms with Crippen molar-refractivity contribution in [3.8, 4) is 0 Å². The highest BCUT2D eigenvalue weighted by Gasteiger charge is 2.10. The lowest BCUT2D eigenvalue weighted by molar-refractivity contribution is 0.450. The van der Waals surface area contributed by atoms with Gasteiger partial charge in [0.25, 0.3) is 10.3 Å². The molecule has 6 heteroatoms. The van der Waals surface area contributed by atoms with E-state index in [1.807, 2.05) is 6.92 Å². The minimum Gasteiger partial charge on any atom is -0.328 e. The van der Waals surface area contributed by atoms with Gasteiger partial charge in [0.2, 0.25) is 0 Å². The normalized spacial score (nSPS) is 14.5. The van der Waals surface area contributed by atoms with E-state index >= 15 is 0 Å². The van der Waals surface area contributed by atoms with Gasteiger partial charge in [-0.05, 0) is 6.42 Å². The Morgan fingerprint density at radius 1 is 1.64 bits per heavy atom. The van der Waals surface area contributed by atoms with Gasteiger partial charge in [0.15, 0.2) is 5.75 Å². The molecule has 0 aromatic carbocycles. The maximum Gasteiger partial charge on any atom is 0.430 e. The molecule has 0 fully saturated rings. The van der Waals surface area contributed by atoms with Crippen LogP contribution in [0, 0.1) is 0 Å². The Morgan fingerprint density at radius 3 is 2.55 bits per heavy atom. The van der Waals surface area contributed by atoms with Gasteiger partial charge >= 0.3 is 9.05 Å². The third kappa shape index (κ3) is 8.15.